The first-order chi connectivity index (χ1) is 13.6. The van der Waals surface area contributed by atoms with Gasteiger partial charge in [0.1, 0.15) is 11.6 Å². The van der Waals surface area contributed by atoms with Crippen LogP contribution in [0.15, 0.2) is 36.4 Å². The molecule has 5 nitrogen and oxygen atoms in total. The average Bonchev–Trinajstić information content (AvgIpc) is 2.63. The first kappa shape index (κ1) is 20.6. The summed E-state index contributed by atoms with van der Waals surface area (Å²) in [5.41, 5.74) is -1.39. The lowest BCUT2D eigenvalue weighted by Crippen LogP contribution is -2.45. The maximum Gasteiger partial charge on any atom is 0.416 e. The second-order valence-electron chi connectivity index (χ2n) is 6.40. The van der Waals surface area contributed by atoms with Crippen molar-refractivity contribution in [3.63, 3.8) is 0 Å². The lowest BCUT2D eigenvalue weighted by molar-refractivity contribution is -0.137. The quantitative estimate of drug-likeness (QED) is 0.749. The minimum atomic E-state index is -4.73. The fourth-order valence-corrected chi connectivity index (χ4v) is 2.82. The maximum atomic E-state index is 13.9. The molecule has 0 aromatic heterocycles. The summed E-state index contributed by atoms with van der Waals surface area (Å²) < 4.78 is 71.3. The van der Waals surface area contributed by atoms with Crippen LogP contribution in [-0.2, 0) is 11.0 Å². The van der Waals surface area contributed by atoms with E-state index in [1.807, 2.05) is 0 Å². The van der Waals surface area contributed by atoms with Gasteiger partial charge in [-0.2, -0.15) is 13.2 Å². The topological polar surface area (TPSA) is 67.4 Å². The second kappa shape index (κ2) is 8.06. The molecule has 0 aliphatic carbocycles. The largest absolute Gasteiger partial charge is 0.453 e. The Labute approximate surface area is 161 Å². The Morgan fingerprint density at radius 1 is 1.10 bits per heavy atom. The molecule has 29 heavy (non-hydrogen) atoms. The van der Waals surface area contributed by atoms with E-state index in [1.54, 1.807) is 0 Å². The predicted molar refractivity (Wildman–Crippen MR) is 91.4 cm³/mol. The van der Waals surface area contributed by atoms with Gasteiger partial charge in [0.15, 0.2) is 11.6 Å². The molecule has 2 aromatic rings. The average molecular weight is 414 g/mol. The number of alkyl halides is 3. The molecule has 2 aromatic carbocycles. The summed E-state index contributed by atoms with van der Waals surface area (Å²) in [6.07, 6.45) is -4.26. The third kappa shape index (κ3) is 5.01. The molecule has 1 unspecified atom stereocenters. The van der Waals surface area contributed by atoms with Crippen molar-refractivity contribution in [1.82, 2.24) is 10.6 Å². The van der Waals surface area contributed by atoms with Crippen LogP contribution < -0.4 is 15.4 Å². The zero-order chi connectivity index (χ0) is 21.2. The SMILES string of the molecule is O=C1CC(NC(=O)c2ccc(C(F)(F)F)cc2Oc2ccc(F)cc2F)CCN1. The Bertz CT molecular complexity index is 946. The maximum absolute atomic E-state index is 13.9. The smallest absolute Gasteiger partial charge is 0.416 e. The number of hydrogen-bond donors (Lipinski definition) is 2. The summed E-state index contributed by atoms with van der Waals surface area (Å²) in [6.45, 7) is 0.348. The van der Waals surface area contributed by atoms with Gasteiger partial charge in [-0.3, -0.25) is 9.59 Å². The molecule has 1 aliphatic rings. The van der Waals surface area contributed by atoms with Gasteiger partial charge in [-0.1, -0.05) is 0 Å². The lowest BCUT2D eigenvalue weighted by atomic mass is 10.0. The van der Waals surface area contributed by atoms with Gasteiger partial charge in [0.05, 0.1) is 11.1 Å². The molecule has 2 amide bonds. The predicted octanol–water partition coefficient (Wildman–Crippen LogP) is 3.78. The third-order valence-corrected chi connectivity index (χ3v) is 4.25. The molecule has 1 atom stereocenters. The highest BCUT2D eigenvalue weighted by atomic mass is 19.4. The summed E-state index contributed by atoms with van der Waals surface area (Å²) in [4.78, 5) is 24.0. The van der Waals surface area contributed by atoms with Crippen LogP contribution in [0.1, 0.15) is 28.8 Å². The number of benzene rings is 2. The number of piperidine rings is 1. The zero-order valence-electron chi connectivity index (χ0n) is 14.8. The number of rotatable bonds is 4. The van der Waals surface area contributed by atoms with Gasteiger partial charge in [-0.15, -0.1) is 0 Å². The van der Waals surface area contributed by atoms with Crippen LogP contribution in [-0.4, -0.2) is 24.4 Å². The third-order valence-electron chi connectivity index (χ3n) is 4.25. The molecule has 1 saturated heterocycles. The first-order valence-electron chi connectivity index (χ1n) is 8.55. The summed E-state index contributed by atoms with van der Waals surface area (Å²) in [6, 6.07) is 3.92. The van der Waals surface area contributed by atoms with E-state index in [4.69, 9.17) is 4.74 Å². The number of hydrogen-bond acceptors (Lipinski definition) is 3. The van der Waals surface area contributed by atoms with Crippen LogP contribution in [0.25, 0.3) is 0 Å². The molecule has 154 valence electrons. The van der Waals surface area contributed by atoms with E-state index < -0.39 is 46.8 Å². The highest BCUT2D eigenvalue weighted by molar-refractivity contribution is 5.97. The normalized spacial score (nSPS) is 16.9. The summed E-state index contributed by atoms with van der Waals surface area (Å²) >= 11 is 0. The number of carbonyl (C=O) groups is 2. The van der Waals surface area contributed by atoms with Crippen LogP contribution in [0.3, 0.4) is 0 Å². The van der Waals surface area contributed by atoms with Gasteiger partial charge in [-0.25, -0.2) is 8.78 Å². The van der Waals surface area contributed by atoms with Crippen molar-refractivity contribution in [3.8, 4) is 11.5 Å². The molecule has 1 aliphatic heterocycles. The van der Waals surface area contributed by atoms with Gasteiger partial charge in [0.2, 0.25) is 5.91 Å². The minimum absolute atomic E-state index is 0.0230. The van der Waals surface area contributed by atoms with E-state index in [1.165, 1.54) is 0 Å². The van der Waals surface area contributed by atoms with Crippen molar-refractivity contribution in [2.45, 2.75) is 25.1 Å². The van der Waals surface area contributed by atoms with E-state index in [0.717, 1.165) is 18.2 Å². The summed E-state index contributed by atoms with van der Waals surface area (Å²) in [5.74, 6) is -4.18. The van der Waals surface area contributed by atoms with E-state index >= 15 is 0 Å². The van der Waals surface area contributed by atoms with Gasteiger partial charge < -0.3 is 15.4 Å². The van der Waals surface area contributed by atoms with E-state index in [0.29, 0.717) is 31.2 Å². The minimum Gasteiger partial charge on any atom is -0.453 e. The molecule has 0 radical (unpaired) electrons. The first-order valence-corrected chi connectivity index (χ1v) is 8.55. The van der Waals surface area contributed by atoms with Crippen molar-refractivity contribution < 1.29 is 36.3 Å². The molecule has 2 N–H and O–H groups in total. The number of amides is 2. The number of nitrogens with one attached hydrogen (secondary N) is 2. The molecule has 0 spiro atoms. The Kier molecular flexibility index (Phi) is 5.71. The fourth-order valence-electron chi connectivity index (χ4n) is 2.82. The van der Waals surface area contributed by atoms with Crippen molar-refractivity contribution in [3.05, 3.63) is 59.2 Å². The fraction of sp³-hybridized carbons (Fsp3) is 0.263. The van der Waals surface area contributed by atoms with Crippen LogP contribution in [0.2, 0.25) is 0 Å². The van der Waals surface area contributed by atoms with Crippen LogP contribution in [0.5, 0.6) is 11.5 Å². The van der Waals surface area contributed by atoms with E-state index in [9.17, 15) is 31.5 Å². The molecule has 10 heteroatoms. The van der Waals surface area contributed by atoms with Crippen molar-refractivity contribution >= 4 is 11.8 Å². The molecule has 1 heterocycles. The second-order valence-corrected chi connectivity index (χ2v) is 6.40. The molecule has 1 fully saturated rings. The summed E-state index contributed by atoms with van der Waals surface area (Å²) in [5, 5.41) is 5.15. The molecular weight excluding hydrogens is 399 g/mol. The van der Waals surface area contributed by atoms with Gasteiger partial charge >= 0.3 is 6.18 Å². The van der Waals surface area contributed by atoms with Crippen molar-refractivity contribution in [2.24, 2.45) is 0 Å². The highest BCUT2D eigenvalue weighted by Crippen LogP contribution is 2.35. The molecule has 0 bridgehead atoms. The summed E-state index contributed by atoms with van der Waals surface area (Å²) in [7, 11) is 0. The Morgan fingerprint density at radius 2 is 1.86 bits per heavy atom. The van der Waals surface area contributed by atoms with Gasteiger partial charge in [0, 0.05) is 25.1 Å². The zero-order valence-corrected chi connectivity index (χ0v) is 14.8. The molecule has 3 rings (SSSR count). The lowest BCUT2D eigenvalue weighted by Gasteiger charge is -2.23. The highest BCUT2D eigenvalue weighted by Gasteiger charge is 2.32. The van der Waals surface area contributed by atoms with Gasteiger partial charge in [0.25, 0.3) is 5.91 Å². The Hall–Kier alpha value is -3.17. The number of ether oxygens (including phenoxy) is 1. The van der Waals surface area contributed by atoms with E-state index in [2.05, 4.69) is 10.6 Å². The monoisotopic (exact) mass is 414 g/mol. The molecule has 0 saturated carbocycles. The number of carbonyl (C=O) groups excluding carboxylic acids is 2. The Morgan fingerprint density at radius 3 is 2.52 bits per heavy atom. The standard InChI is InChI=1S/C19H15F5N2O3/c20-11-2-4-15(14(21)8-11)29-16-7-10(19(22,23)24)1-3-13(16)18(28)26-12-5-6-25-17(27)9-12/h1-4,7-8,12H,5-6,9H2,(H,25,27)(H,26,28). The number of halogens is 5. The molecular formula is C19H15F5N2O3. The van der Waals surface area contributed by atoms with Crippen molar-refractivity contribution in [2.75, 3.05) is 6.54 Å². The van der Waals surface area contributed by atoms with Crippen molar-refractivity contribution in [1.29, 1.82) is 0 Å². The van der Waals surface area contributed by atoms with Crippen LogP contribution in [0, 0.1) is 11.6 Å². The van der Waals surface area contributed by atoms with Crippen LogP contribution >= 0.6 is 0 Å². The Balaban J connectivity index is 1.92. The van der Waals surface area contributed by atoms with Crippen LogP contribution in [0.4, 0.5) is 22.0 Å². The van der Waals surface area contributed by atoms with Gasteiger partial charge in [-0.05, 0) is 36.8 Å². The van der Waals surface area contributed by atoms with E-state index in [-0.39, 0.29) is 17.9 Å².